The predicted molar refractivity (Wildman–Crippen MR) is 63.4 cm³/mol. The van der Waals surface area contributed by atoms with Crippen LogP contribution in [-0.4, -0.2) is 22.2 Å². The SMILES string of the molecule is CC=CC.CCCCC(CC(=O)O)C(=O)O. The number of carboxylic acids is 2. The van der Waals surface area contributed by atoms with Crippen molar-refractivity contribution in [2.45, 2.75) is 46.5 Å². The van der Waals surface area contributed by atoms with Crippen LogP contribution in [0.4, 0.5) is 0 Å². The van der Waals surface area contributed by atoms with E-state index in [0.717, 1.165) is 12.8 Å². The van der Waals surface area contributed by atoms with E-state index < -0.39 is 17.9 Å². The molecule has 1 unspecified atom stereocenters. The second-order valence-electron chi connectivity index (χ2n) is 3.44. The Kier molecular flexibility index (Phi) is 12.6. The van der Waals surface area contributed by atoms with Gasteiger partial charge in [0.1, 0.15) is 0 Å². The lowest BCUT2D eigenvalue weighted by atomic mass is 9.99. The van der Waals surface area contributed by atoms with E-state index in [0.29, 0.717) is 6.42 Å². The van der Waals surface area contributed by atoms with Gasteiger partial charge in [0.05, 0.1) is 12.3 Å². The number of hydrogen-bond donors (Lipinski definition) is 2. The lowest BCUT2D eigenvalue weighted by molar-refractivity contribution is -0.148. The van der Waals surface area contributed by atoms with Gasteiger partial charge in [0.2, 0.25) is 0 Å². The van der Waals surface area contributed by atoms with Crippen LogP contribution in [0.5, 0.6) is 0 Å². The van der Waals surface area contributed by atoms with E-state index >= 15 is 0 Å². The third-order valence-electron chi connectivity index (χ3n) is 2.01. The first kappa shape index (κ1) is 17.1. The topological polar surface area (TPSA) is 74.6 Å². The minimum atomic E-state index is -1.04. The number of allylic oxidation sites excluding steroid dienone is 2. The Hall–Kier alpha value is -1.32. The van der Waals surface area contributed by atoms with E-state index in [1.807, 2.05) is 32.9 Å². The highest BCUT2D eigenvalue weighted by Gasteiger charge is 2.19. The number of carbonyl (C=O) groups is 2. The van der Waals surface area contributed by atoms with E-state index in [1.165, 1.54) is 0 Å². The molecule has 0 aromatic heterocycles. The van der Waals surface area contributed by atoms with Gasteiger partial charge in [0, 0.05) is 0 Å². The molecule has 0 fully saturated rings. The van der Waals surface area contributed by atoms with Gasteiger partial charge >= 0.3 is 11.9 Å². The molecule has 0 rings (SSSR count). The first-order valence-corrected chi connectivity index (χ1v) is 5.51. The summed E-state index contributed by atoms with van der Waals surface area (Å²) in [7, 11) is 0. The smallest absolute Gasteiger partial charge is 0.307 e. The van der Waals surface area contributed by atoms with Crippen molar-refractivity contribution in [3.63, 3.8) is 0 Å². The zero-order valence-electron chi connectivity index (χ0n) is 10.3. The number of carboxylic acid groups (broad SMARTS) is 2. The highest BCUT2D eigenvalue weighted by Crippen LogP contribution is 2.12. The van der Waals surface area contributed by atoms with Gasteiger partial charge in [-0.15, -0.1) is 0 Å². The van der Waals surface area contributed by atoms with Gasteiger partial charge in [0.15, 0.2) is 0 Å². The van der Waals surface area contributed by atoms with E-state index in [2.05, 4.69) is 0 Å². The van der Waals surface area contributed by atoms with E-state index in [-0.39, 0.29) is 6.42 Å². The molecule has 0 bridgehead atoms. The molecule has 4 nitrogen and oxygen atoms in total. The molecule has 2 N–H and O–H groups in total. The van der Waals surface area contributed by atoms with Gasteiger partial charge in [-0.3, -0.25) is 9.59 Å². The van der Waals surface area contributed by atoms with Gasteiger partial charge < -0.3 is 10.2 Å². The Morgan fingerprint density at radius 2 is 1.69 bits per heavy atom. The zero-order valence-corrected chi connectivity index (χ0v) is 10.3. The molecule has 16 heavy (non-hydrogen) atoms. The van der Waals surface area contributed by atoms with Crippen molar-refractivity contribution in [1.82, 2.24) is 0 Å². The molecule has 0 saturated heterocycles. The van der Waals surface area contributed by atoms with Crippen molar-refractivity contribution < 1.29 is 19.8 Å². The van der Waals surface area contributed by atoms with Crippen molar-refractivity contribution in [3.05, 3.63) is 12.2 Å². The number of unbranched alkanes of at least 4 members (excludes halogenated alkanes) is 1. The Labute approximate surface area is 97.0 Å². The van der Waals surface area contributed by atoms with Crippen LogP contribution in [0.1, 0.15) is 46.5 Å². The van der Waals surface area contributed by atoms with E-state index in [1.54, 1.807) is 0 Å². The molecule has 0 heterocycles. The summed E-state index contributed by atoms with van der Waals surface area (Å²) in [5, 5.41) is 17.0. The highest BCUT2D eigenvalue weighted by molar-refractivity contribution is 5.77. The van der Waals surface area contributed by atoms with Gasteiger partial charge in [-0.05, 0) is 20.3 Å². The Balaban J connectivity index is 0. The minimum absolute atomic E-state index is 0.269. The maximum absolute atomic E-state index is 10.5. The fourth-order valence-corrected chi connectivity index (χ4v) is 0.974. The summed E-state index contributed by atoms with van der Waals surface area (Å²) < 4.78 is 0. The van der Waals surface area contributed by atoms with Crippen LogP contribution < -0.4 is 0 Å². The molecule has 0 aliphatic rings. The molecule has 0 aromatic carbocycles. The molecule has 0 saturated carbocycles. The van der Waals surface area contributed by atoms with Crippen molar-refractivity contribution >= 4 is 11.9 Å². The normalized spacial score (nSPS) is 11.7. The quantitative estimate of drug-likeness (QED) is 0.688. The molecule has 0 amide bonds. The third kappa shape index (κ3) is 12.7. The molecule has 0 spiro atoms. The molecule has 94 valence electrons. The summed E-state index contributed by atoms with van der Waals surface area (Å²) in [6.07, 6.45) is 5.85. The monoisotopic (exact) mass is 230 g/mol. The molecule has 0 aliphatic heterocycles. The highest BCUT2D eigenvalue weighted by atomic mass is 16.4. The first-order chi connectivity index (χ1) is 7.49. The van der Waals surface area contributed by atoms with E-state index in [9.17, 15) is 9.59 Å². The largest absolute Gasteiger partial charge is 0.481 e. The average Bonchev–Trinajstić information content (AvgIpc) is 2.23. The maximum Gasteiger partial charge on any atom is 0.307 e. The standard InChI is InChI=1S/C8H14O4.C4H8/c1-2-3-4-6(8(11)12)5-7(9)10;1-3-4-2/h6H,2-5H2,1H3,(H,9,10)(H,11,12);3-4H,1-2H3. The first-order valence-electron chi connectivity index (χ1n) is 5.51. The molecule has 0 aliphatic carbocycles. The van der Waals surface area contributed by atoms with Gasteiger partial charge in [-0.2, -0.15) is 0 Å². The van der Waals surface area contributed by atoms with Crippen LogP contribution in [0, 0.1) is 5.92 Å². The second kappa shape index (κ2) is 11.8. The van der Waals surface area contributed by atoms with Crippen LogP contribution in [0.15, 0.2) is 12.2 Å². The van der Waals surface area contributed by atoms with Crippen LogP contribution in [0.2, 0.25) is 0 Å². The molecular weight excluding hydrogens is 208 g/mol. The predicted octanol–water partition coefficient (Wildman–Crippen LogP) is 2.93. The van der Waals surface area contributed by atoms with Crippen LogP contribution >= 0.6 is 0 Å². The number of hydrogen-bond acceptors (Lipinski definition) is 2. The lowest BCUT2D eigenvalue weighted by Crippen LogP contribution is -2.17. The Morgan fingerprint density at radius 1 is 1.19 bits per heavy atom. The van der Waals surface area contributed by atoms with Crippen molar-refractivity contribution in [3.8, 4) is 0 Å². The summed E-state index contributed by atoms with van der Waals surface area (Å²) in [6, 6.07) is 0. The third-order valence-corrected chi connectivity index (χ3v) is 2.01. The van der Waals surface area contributed by atoms with Gasteiger partial charge in [-0.1, -0.05) is 31.9 Å². The summed E-state index contributed by atoms with van der Waals surface area (Å²) >= 11 is 0. The van der Waals surface area contributed by atoms with Crippen LogP contribution in [0.25, 0.3) is 0 Å². The van der Waals surface area contributed by atoms with Crippen molar-refractivity contribution in [1.29, 1.82) is 0 Å². The summed E-state index contributed by atoms with van der Waals surface area (Å²) in [6.45, 7) is 5.94. The molecular formula is C12H22O4. The summed E-state index contributed by atoms with van der Waals surface area (Å²) in [4.78, 5) is 20.7. The van der Waals surface area contributed by atoms with Gasteiger partial charge in [-0.25, -0.2) is 0 Å². The zero-order chi connectivity index (χ0) is 13.0. The van der Waals surface area contributed by atoms with E-state index in [4.69, 9.17) is 10.2 Å². The number of rotatable bonds is 6. The Bertz CT molecular complexity index is 217. The van der Waals surface area contributed by atoms with Crippen LogP contribution in [0.3, 0.4) is 0 Å². The summed E-state index contributed by atoms with van der Waals surface area (Å²) in [5.41, 5.74) is 0. The molecule has 0 radical (unpaired) electrons. The Morgan fingerprint density at radius 3 is 1.94 bits per heavy atom. The second-order valence-corrected chi connectivity index (χ2v) is 3.44. The van der Waals surface area contributed by atoms with Gasteiger partial charge in [0.25, 0.3) is 0 Å². The molecule has 4 heteroatoms. The van der Waals surface area contributed by atoms with Crippen molar-refractivity contribution in [2.24, 2.45) is 5.92 Å². The van der Waals surface area contributed by atoms with Crippen LogP contribution in [-0.2, 0) is 9.59 Å². The molecule has 0 aromatic rings. The fraction of sp³-hybridized carbons (Fsp3) is 0.667. The molecule has 1 atom stereocenters. The fourth-order valence-electron chi connectivity index (χ4n) is 0.974. The number of aliphatic carboxylic acids is 2. The maximum atomic E-state index is 10.5. The minimum Gasteiger partial charge on any atom is -0.481 e. The van der Waals surface area contributed by atoms with Crippen molar-refractivity contribution in [2.75, 3.05) is 0 Å². The summed E-state index contributed by atoms with van der Waals surface area (Å²) in [5.74, 6) is -2.77. The lowest BCUT2D eigenvalue weighted by Gasteiger charge is -2.07. The average molecular weight is 230 g/mol.